The molecule has 0 aromatic rings. The van der Waals surface area contributed by atoms with Crippen LogP contribution >= 0.6 is 0 Å². The molecule has 0 rings (SSSR count). The fourth-order valence-corrected chi connectivity index (χ4v) is 1.26. The molecule has 0 heterocycles. The number of aliphatic carboxylic acids is 1. The number of hydrogen-bond acceptors (Lipinski definition) is 4. The van der Waals surface area contributed by atoms with Gasteiger partial charge in [0.1, 0.15) is 0 Å². The summed E-state index contributed by atoms with van der Waals surface area (Å²) in [6.07, 6.45) is 0.161. The summed E-state index contributed by atoms with van der Waals surface area (Å²) >= 11 is 0. The van der Waals surface area contributed by atoms with Crippen LogP contribution in [0.5, 0.6) is 0 Å². The predicted octanol–water partition coefficient (Wildman–Crippen LogP) is 0.444. The average Bonchev–Trinajstić information content (AvgIpc) is 2.17. The molecule has 0 aliphatic heterocycles. The topological polar surface area (TPSA) is 59.0 Å². The molecule has 0 bridgehead atoms. The van der Waals surface area contributed by atoms with Gasteiger partial charge in [-0.05, 0) is 20.4 Å². The van der Waals surface area contributed by atoms with E-state index in [-0.39, 0.29) is 0 Å². The van der Waals surface area contributed by atoms with E-state index < -0.39 is 12.1 Å². The maximum atomic E-state index is 10.8. The molecule has 0 fully saturated rings. The van der Waals surface area contributed by atoms with Crippen molar-refractivity contribution in [2.24, 2.45) is 0 Å². The molecule has 1 atom stereocenters. The number of rotatable bonds is 9. The summed E-state index contributed by atoms with van der Waals surface area (Å²) in [5, 5.41) is 8.85. The van der Waals surface area contributed by atoms with Gasteiger partial charge in [-0.3, -0.25) is 0 Å². The maximum Gasteiger partial charge on any atom is 0.334 e. The Morgan fingerprint density at radius 2 is 2.20 bits per heavy atom. The Morgan fingerprint density at radius 1 is 1.53 bits per heavy atom. The van der Waals surface area contributed by atoms with Crippen molar-refractivity contribution in [2.45, 2.75) is 19.4 Å². The van der Waals surface area contributed by atoms with E-state index in [1.54, 1.807) is 14.0 Å². The van der Waals surface area contributed by atoms with Crippen molar-refractivity contribution in [3.63, 3.8) is 0 Å². The summed E-state index contributed by atoms with van der Waals surface area (Å²) in [5.41, 5.74) is 0. The molecular weight excluding hydrogens is 198 g/mol. The monoisotopic (exact) mass is 219 g/mol. The summed E-state index contributed by atoms with van der Waals surface area (Å²) in [7, 11) is 3.53. The van der Waals surface area contributed by atoms with Crippen LogP contribution in [0.4, 0.5) is 0 Å². The van der Waals surface area contributed by atoms with Crippen molar-refractivity contribution in [3.8, 4) is 0 Å². The molecular formula is C10H21NO4. The van der Waals surface area contributed by atoms with Gasteiger partial charge in [0.15, 0.2) is 6.10 Å². The minimum atomic E-state index is -0.907. The third kappa shape index (κ3) is 7.30. The Bertz CT molecular complexity index is 175. The zero-order valence-electron chi connectivity index (χ0n) is 9.73. The van der Waals surface area contributed by atoms with Crippen LogP contribution in [0.25, 0.3) is 0 Å². The molecule has 1 unspecified atom stereocenters. The van der Waals surface area contributed by atoms with Gasteiger partial charge < -0.3 is 19.5 Å². The highest BCUT2D eigenvalue weighted by Gasteiger charge is 2.18. The first-order valence-electron chi connectivity index (χ1n) is 5.13. The third-order valence-electron chi connectivity index (χ3n) is 2.01. The lowest BCUT2D eigenvalue weighted by Crippen LogP contribution is -2.37. The molecule has 0 aliphatic carbocycles. The number of carbonyl (C=O) groups is 1. The third-order valence-corrected chi connectivity index (χ3v) is 2.01. The summed E-state index contributed by atoms with van der Waals surface area (Å²) in [6.45, 7) is 4.12. The molecule has 5 heteroatoms. The summed E-state index contributed by atoms with van der Waals surface area (Å²) < 4.78 is 10.0. The zero-order valence-corrected chi connectivity index (χ0v) is 9.73. The van der Waals surface area contributed by atoms with Gasteiger partial charge in [-0.15, -0.1) is 0 Å². The number of carboxylic acid groups (broad SMARTS) is 1. The van der Waals surface area contributed by atoms with E-state index in [0.717, 1.165) is 13.0 Å². The van der Waals surface area contributed by atoms with Gasteiger partial charge in [0, 0.05) is 33.4 Å². The Balaban J connectivity index is 3.78. The molecule has 1 N–H and O–H groups in total. The highest BCUT2D eigenvalue weighted by Crippen LogP contribution is 1.97. The SMILES string of the molecule is CCOC(CN(C)CCCOC)C(=O)O. The molecule has 0 saturated heterocycles. The second-order valence-electron chi connectivity index (χ2n) is 3.39. The van der Waals surface area contributed by atoms with E-state index in [2.05, 4.69) is 0 Å². The van der Waals surface area contributed by atoms with E-state index in [0.29, 0.717) is 19.8 Å². The van der Waals surface area contributed by atoms with Crippen LogP contribution < -0.4 is 0 Å². The number of likely N-dealkylation sites (N-methyl/N-ethyl adjacent to an activating group) is 1. The highest BCUT2D eigenvalue weighted by atomic mass is 16.5. The summed E-state index contributed by atoms with van der Waals surface area (Å²) in [4.78, 5) is 12.7. The first-order valence-corrected chi connectivity index (χ1v) is 5.13. The number of methoxy groups -OCH3 is 1. The lowest BCUT2D eigenvalue weighted by molar-refractivity contribution is -0.151. The lowest BCUT2D eigenvalue weighted by Gasteiger charge is -2.20. The predicted molar refractivity (Wildman–Crippen MR) is 57.0 cm³/mol. The van der Waals surface area contributed by atoms with Crippen LogP contribution in [0.3, 0.4) is 0 Å². The van der Waals surface area contributed by atoms with Gasteiger partial charge in [-0.1, -0.05) is 0 Å². The van der Waals surface area contributed by atoms with Crippen molar-refractivity contribution in [1.29, 1.82) is 0 Å². The Kier molecular flexibility index (Phi) is 8.27. The van der Waals surface area contributed by atoms with Crippen molar-refractivity contribution in [2.75, 3.05) is 40.5 Å². The lowest BCUT2D eigenvalue weighted by atomic mass is 10.3. The van der Waals surface area contributed by atoms with Crippen LogP contribution in [-0.2, 0) is 14.3 Å². The van der Waals surface area contributed by atoms with Crippen LogP contribution in [-0.4, -0.2) is 62.5 Å². The first-order chi connectivity index (χ1) is 7.11. The number of carboxylic acids is 1. The largest absolute Gasteiger partial charge is 0.479 e. The molecule has 90 valence electrons. The Labute approximate surface area is 91.0 Å². The Morgan fingerprint density at radius 3 is 2.67 bits per heavy atom. The van der Waals surface area contributed by atoms with Gasteiger partial charge >= 0.3 is 5.97 Å². The quantitative estimate of drug-likeness (QED) is 0.570. The number of nitrogens with zero attached hydrogens (tertiary/aromatic N) is 1. The molecule has 0 aliphatic rings. The first kappa shape index (κ1) is 14.3. The van der Waals surface area contributed by atoms with Gasteiger partial charge in [0.2, 0.25) is 0 Å². The van der Waals surface area contributed by atoms with E-state index in [1.807, 2.05) is 11.9 Å². The van der Waals surface area contributed by atoms with Crippen LogP contribution in [0.2, 0.25) is 0 Å². The number of hydrogen-bond donors (Lipinski definition) is 1. The van der Waals surface area contributed by atoms with Gasteiger partial charge in [-0.25, -0.2) is 4.79 Å². The molecule has 0 spiro atoms. The van der Waals surface area contributed by atoms with Crippen molar-refractivity contribution < 1.29 is 19.4 Å². The van der Waals surface area contributed by atoms with Crippen molar-refractivity contribution >= 4 is 5.97 Å². The maximum absolute atomic E-state index is 10.8. The molecule has 5 nitrogen and oxygen atoms in total. The molecule has 0 aromatic heterocycles. The second-order valence-corrected chi connectivity index (χ2v) is 3.39. The normalized spacial score (nSPS) is 13.1. The molecule has 0 saturated carbocycles. The summed E-state index contributed by atoms with van der Waals surface area (Å²) in [5.74, 6) is -0.907. The van der Waals surface area contributed by atoms with E-state index in [9.17, 15) is 4.79 Å². The van der Waals surface area contributed by atoms with Gasteiger partial charge in [-0.2, -0.15) is 0 Å². The van der Waals surface area contributed by atoms with Crippen LogP contribution in [0.15, 0.2) is 0 Å². The van der Waals surface area contributed by atoms with Crippen LogP contribution in [0, 0.1) is 0 Å². The van der Waals surface area contributed by atoms with Crippen molar-refractivity contribution in [3.05, 3.63) is 0 Å². The zero-order chi connectivity index (χ0) is 11.7. The smallest absolute Gasteiger partial charge is 0.334 e. The minimum absolute atomic E-state index is 0.410. The van der Waals surface area contributed by atoms with Gasteiger partial charge in [0.25, 0.3) is 0 Å². The highest BCUT2D eigenvalue weighted by molar-refractivity contribution is 5.72. The van der Waals surface area contributed by atoms with E-state index in [1.165, 1.54) is 0 Å². The van der Waals surface area contributed by atoms with Crippen molar-refractivity contribution in [1.82, 2.24) is 4.90 Å². The van der Waals surface area contributed by atoms with E-state index in [4.69, 9.17) is 14.6 Å². The average molecular weight is 219 g/mol. The molecule has 0 radical (unpaired) electrons. The summed E-state index contributed by atoms with van der Waals surface area (Å²) in [6, 6.07) is 0. The van der Waals surface area contributed by atoms with Gasteiger partial charge in [0.05, 0.1) is 0 Å². The second kappa shape index (κ2) is 8.64. The van der Waals surface area contributed by atoms with E-state index >= 15 is 0 Å². The fourth-order valence-electron chi connectivity index (χ4n) is 1.26. The minimum Gasteiger partial charge on any atom is -0.479 e. The molecule has 0 aromatic carbocycles. The standard InChI is InChI=1S/C10H21NO4/c1-4-15-9(10(12)13)8-11(2)6-5-7-14-3/h9H,4-8H2,1-3H3,(H,12,13). The number of ether oxygens (including phenoxy) is 2. The van der Waals surface area contributed by atoms with Crippen LogP contribution in [0.1, 0.15) is 13.3 Å². The molecule has 15 heavy (non-hydrogen) atoms. The molecule has 0 amide bonds. The Hall–Kier alpha value is -0.650. The fraction of sp³-hybridized carbons (Fsp3) is 0.900.